The first-order chi connectivity index (χ1) is 17.4. The Morgan fingerprint density at radius 3 is 2.25 bits per heavy atom. The highest BCUT2D eigenvalue weighted by Crippen LogP contribution is 2.45. The molecule has 4 aromatic rings. The van der Waals surface area contributed by atoms with Gasteiger partial charge in [-0.05, 0) is 47.5 Å². The summed E-state index contributed by atoms with van der Waals surface area (Å²) >= 11 is 12.6. The van der Waals surface area contributed by atoms with Gasteiger partial charge in [-0.3, -0.25) is 9.59 Å². The number of ether oxygens (including phenoxy) is 3. The van der Waals surface area contributed by atoms with Crippen molar-refractivity contribution in [1.29, 1.82) is 0 Å². The summed E-state index contributed by atoms with van der Waals surface area (Å²) < 4.78 is 22.5. The third-order valence-electron chi connectivity index (χ3n) is 6.23. The third kappa shape index (κ3) is 3.85. The standard InChI is InChI=1S/C27H21Cl2NO6/c1-33-20-10-15(11-21(34-2)25(20)35-3)23-22-24(31)17-12-16(28)8-9-19(17)36-26(22)27(32)30(23)13-14-6-4-5-7-18(14)29/h4-12,23H,13H2,1-3H3. The van der Waals surface area contributed by atoms with Crippen molar-refractivity contribution in [3.05, 3.63) is 97.3 Å². The Hall–Kier alpha value is -3.68. The van der Waals surface area contributed by atoms with E-state index >= 15 is 0 Å². The molecule has 1 aliphatic rings. The molecular weight excluding hydrogens is 505 g/mol. The first kappa shape index (κ1) is 24.0. The number of carbonyl (C=O) groups excluding carboxylic acids is 1. The van der Waals surface area contributed by atoms with Crippen molar-refractivity contribution < 1.29 is 23.4 Å². The molecule has 2 heterocycles. The highest BCUT2D eigenvalue weighted by Gasteiger charge is 2.43. The minimum atomic E-state index is -0.808. The summed E-state index contributed by atoms with van der Waals surface area (Å²) in [6.07, 6.45) is 0. The van der Waals surface area contributed by atoms with Gasteiger partial charge in [-0.15, -0.1) is 0 Å². The van der Waals surface area contributed by atoms with Crippen LogP contribution in [0.25, 0.3) is 11.0 Å². The molecule has 0 spiro atoms. The fourth-order valence-electron chi connectivity index (χ4n) is 4.57. The molecule has 184 valence electrons. The quantitative estimate of drug-likeness (QED) is 0.313. The maximum absolute atomic E-state index is 13.8. The van der Waals surface area contributed by atoms with Gasteiger partial charge in [0.15, 0.2) is 16.9 Å². The number of halogens is 2. The lowest BCUT2D eigenvalue weighted by atomic mass is 9.97. The summed E-state index contributed by atoms with van der Waals surface area (Å²) in [6.45, 7) is 0.139. The van der Waals surface area contributed by atoms with Gasteiger partial charge in [0.2, 0.25) is 11.5 Å². The van der Waals surface area contributed by atoms with Gasteiger partial charge in [-0.2, -0.15) is 0 Å². The fraction of sp³-hybridized carbons (Fsp3) is 0.185. The number of carbonyl (C=O) groups is 1. The fourth-order valence-corrected chi connectivity index (χ4v) is 4.94. The Morgan fingerprint density at radius 2 is 1.61 bits per heavy atom. The lowest BCUT2D eigenvalue weighted by molar-refractivity contribution is 0.0714. The first-order valence-electron chi connectivity index (χ1n) is 11.0. The van der Waals surface area contributed by atoms with E-state index < -0.39 is 11.9 Å². The van der Waals surface area contributed by atoms with Crippen molar-refractivity contribution >= 4 is 40.1 Å². The van der Waals surface area contributed by atoms with Gasteiger partial charge in [0.1, 0.15) is 5.58 Å². The van der Waals surface area contributed by atoms with Crippen LogP contribution in [-0.2, 0) is 6.54 Å². The average molecular weight is 526 g/mol. The van der Waals surface area contributed by atoms with Crippen molar-refractivity contribution in [2.24, 2.45) is 0 Å². The van der Waals surface area contributed by atoms with Crippen molar-refractivity contribution in [2.75, 3.05) is 21.3 Å². The van der Waals surface area contributed by atoms with Crippen LogP contribution in [-0.4, -0.2) is 32.1 Å². The third-order valence-corrected chi connectivity index (χ3v) is 6.83. The van der Waals surface area contributed by atoms with Crippen LogP contribution in [0.3, 0.4) is 0 Å². The van der Waals surface area contributed by atoms with Crippen LogP contribution in [0.4, 0.5) is 0 Å². The number of hydrogen-bond donors (Lipinski definition) is 0. The molecule has 1 amide bonds. The van der Waals surface area contributed by atoms with E-state index in [9.17, 15) is 9.59 Å². The number of amides is 1. The Balaban J connectivity index is 1.78. The lowest BCUT2D eigenvalue weighted by Gasteiger charge is -2.26. The molecule has 0 radical (unpaired) electrons. The molecule has 0 saturated heterocycles. The molecular formula is C27H21Cl2NO6. The molecule has 0 bridgehead atoms. The summed E-state index contributed by atoms with van der Waals surface area (Å²) in [7, 11) is 4.50. The number of nitrogens with zero attached hydrogens (tertiary/aromatic N) is 1. The molecule has 1 atom stereocenters. The number of methoxy groups -OCH3 is 3. The van der Waals surface area contributed by atoms with Gasteiger partial charge in [0.05, 0.1) is 38.3 Å². The molecule has 1 aromatic heterocycles. The van der Waals surface area contributed by atoms with E-state index in [-0.39, 0.29) is 34.3 Å². The second kappa shape index (κ2) is 9.41. The second-order valence-electron chi connectivity index (χ2n) is 8.20. The Labute approximate surface area is 216 Å². The molecule has 1 aliphatic heterocycles. The van der Waals surface area contributed by atoms with Gasteiger partial charge in [0, 0.05) is 16.6 Å². The van der Waals surface area contributed by atoms with E-state index in [1.807, 2.05) is 18.2 Å². The largest absolute Gasteiger partial charge is 0.493 e. The maximum Gasteiger partial charge on any atom is 0.291 e. The highest BCUT2D eigenvalue weighted by molar-refractivity contribution is 6.31. The molecule has 0 saturated carbocycles. The molecule has 7 nitrogen and oxygen atoms in total. The Kier molecular flexibility index (Phi) is 6.28. The predicted molar refractivity (Wildman–Crippen MR) is 137 cm³/mol. The summed E-state index contributed by atoms with van der Waals surface area (Å²) in [6, 6.07) is 14.6. The maximum atomic E-state index is 13.8. The number of hydrogen-bond acceptors (Lipinski definition) is 6. The van der Waals surface area contributed by atoms with Crippen LogP contribution in [0.1, 0.15) is 33.3 Å². The Morgan fingerprint density at radius 1 is 0.917 bits per heavy atom. The van der Waals surface area contributed by atoms with Crippen molar-refractivity contribution in [1.82, 2.24) is 4.90 Å². The van der Waals surface area contributed by atoms with E-state index in [2.05, 4.69) is 0 Å². The monoisotopic (exact) mass is 525 g/mol. The summed E-state index contributed by atoms with van der Waals surface area (Å²) in [5, 5.41) is 1.17. The SMILES string of the molecule is COc1cc(C2c3c(oc4ccc(Cl)cc4c3=O)C(=O)N2Cc2ccccc2Cl)cc(OC)c1OC. The summed E-state index contributed by atoms with van der Waals surface area (Å²) in [5.41, 5.74) is 1.44. The van der Waals surface area contributed by atoms with E-state index in [0.29, 0.717) is 32.9 Å². The normalized spacial score (nSPS) is 14.8. The van der Waals surface area contributed by atoms with Gasteiger partial charge in [0.25, 0.3) is 5.91 Å². The zero-order valence-electron chi connectivity index (χ0n) is 19.6. The van der Waals surface area contributed by atoms with Crippen LogP contribution in [0.15, 0.2) is 63.8 Å². The molecule has 36 heavy (non-hydrogen) atoms. The van der Waals surface area contributed by atoms with Gasteiger partial charge in [-0.1, -0.05) is 41.4 Å². The smallest absolute Gasteiger partial charge is 0.291 e. The molecule has 0 fully saturated rings. The predicted octanol–water partition coefficient (Wildman–Crippen LogP) is 5.87. The number of fused-ring (bicyclic) bond motifs is 2. The molecule has 1 unspecified atom stereocenters. The van der Waals surface area contributed by atoms with Crippen LogP contribution >= 0.6 is 23.2 Å². The zero-order valence-corrected chi connectivity index (χ0v) is 21.1. The minimum absolute atomic E-state index is 0.0272. The van der Waals surface area contributed by atoms with Crippen LogP contribution in [0.5, 0.6) is 17.2 Å². The molecule has 3 aromatic carbocycles. The number of benzene rings is 3. The van der Waals surface area contributed by atoms with Crippen molar-refractivity contribution in [3.8, 4) is 17.2 Å². The van der Waals surface area contributed by atoms with Gasteiger partial charge < -0.3 is 23.5 Å². The van der Waals surface area contributed by atoms with E-state index in [1.54, 1.807) is 35.2 Å². The van der Waals surface area contributed by atoms with E-state index in [1.165, 1.54) is 27.4 Å². The topological polar surface area (TPSA) is 78.2 Å². The average Bonchev–Trinajstić information content (AvgIpc) is 3.16. The van der Waals surface area contributed by atoms with E-state index in [0.717, 1.165) is 5.56 Å². The summed E-state index contributed by atoms with van der Waals surface area (Å²) in [5.74, 6) is 0.707. The van der Waals surface area contributed by atoms with Gasteiger partial charge >= 0.3 is 0 Å². The molecule has 0 N–H and O–H groups in total. The lowest BCUT2D eigenvalue weighted by Crippen LogP contribution is -2.29. The summed E-state index contributed by atoms with van der Waals surface area (Å²) in [4.78, 5) is 29.1. The molecule has 0 aliphatic carbocycles. The van der Waals surface area contributed by atoms with Gasteiger partial charge in [-0.25, -0.2) is 0 Å². The highest BCUT2D eigenvalue weighted by atomic mass is 35.5. The minimum Gasteiger partial charge on any atom is -0.493 e. The zero-order chi connectivity index (χ0) is 25.6. The molecule has 5 rings (SSSR count). The number of rotatable bonds is 6. The molecule has 9 heteroatoms. The van der Waals surface area contributed by atoms with E-state index in [4.69, 9.17) is 41.8 Å². The van der Waals surface area contributed by atoms with Crippen molar-refractivity contribution in [3.63, 3.8) is 0 Å². The van der Waals surface area contributed by atoms with Crippen LogP contribution in [0.2, 0.25) is 10.0 Å². The Bertz CT molecular complexity index is 1540. The first-order valence-corrected chi connectivity index (χ1v) is 11.7. The van der Waals surface area contributed by atoms with Crippen LogP contribution < -0.4 is 19.6 Å². The van der Waals surface area contributed by atoms with Crippen LogP contribution in [0, 0.1) is 0 Å². The van der Waals surface area contributed by atoms with Crippen molar-refractivity contribution in [2.45, 2.75) is 12.6 Å². The second-order valence-corrected chi connectivity index (χ2v) is 9.04.